The van der Waals surface area contributed by atoms with Gasteiger partial charge in [-0.25, -0.2) is 9.50 Å². The Hall–Kier alpha value is -2.28. The highest BCUT2D eigenvalue weighted by atomic mass is 16.3. The van der Waals surface area contributed by atoms with Gasteiger partial charge in [0.25, 0.3) is 0 Å². The van der Waals surface area contributed by atoms with Crippen LogP contribution in [0.1, 0.15) is 31.7 Å². The van der Waals surface area contributed by atoms with E-state index in [2.05, 4.69) is 34.0 Å². The number of aliphatic hydroxyl groups excluding tert-OH is 2. The second kappa shape index (κ2) is 7.99. The first-order chi connectivity index (χ1) is 13.6. The van der Waals surface area contributed by atoms with Gasteiger partial charge in [-0.3, -0.25) is 4.90 Å². The van der Waals surface area contributed by atoms with Gasteiger partial charge < -0.3 is 10.2 Å². The number of rotatable bonds is 6. The summed E-state index contributed by atoms with van der Waals surface area (Å²) >= 11 is 0. The number of piperidine rings is 1. The molecule has 148 valence electrons. The molecular weight excluding hydrogens is 352 g/mol. The first-order valence-electron chi connectivity index (χ1n) is 10.0. The maximum Gasteiger partial charge on any atom is 0.162 e. The quantitative estimate of drug-likeness (QED) is 0.688. The van der Waals surface area contributed by atoms with Gasteiger partial charge in [0.15, 0.2) is 5.65 Å². The molecule has 0 unspecified atom stereocenters. The van der Waals surface area contributed by atoms with Gasteiger partial charge in [0.2, 0.25) is 0 Å². The zero-order valence-electron chi connectivity index (χ0n) is 16.3. The van der Waals surface area contributed by atoms with Crippen molar-refractivity contribution in [1.29, 1.82) is 0 Å². The summed E-state index contributed by atoms with van der Waals surface area (Å²) in [6.45, 7) is 4.31. The highest BCUT2D eigenvalue weighted by molar-refractivity contribution is 5.76. The minimum atomic E-state index is -0.503. The maximum absolute atomic E-state index is 10.7. The van der Waals surface area contributed by atoms with Crippen LogP contribution in [0.2, 0.25) is 0 Å². The van der Waals surface area contributed by atoms with E-state index in [0.717, 1.165) is 48.1 Å². The second-order valence-electron chi connectivity index (χ2n) is 7.93. The Morgan fingerprint density at radius 3 is 2.75 bits per heavy atom. The summed E-state index contributed by atoms with van der Waals surface area (Å²) in [4.78, 5) is 6.88. The van der Waals surface area contributed by atoms with Crippen LogP contribution in [-0.2, 0) is 6.54 Å². The van der Waals surface area contributed by atoms with Gasteiger partial charge in [-0.2, -0.15) is 5.10 Å². The number of aliphatic hydroxyl groups is 2. The number of β-amino-alcohol motifs (C(OH)–C–C–N with tert-alkyl or cyclic N) is 1. The number of likely N-dealkylation sites (tertiary alicyclic amines) is 1. The Labute approximate surface area is 165 Å². The van der Waals surface area contributed by atoms with Crippen LogP contribution in [0, 0.1) is 5.41 Å². The Morgan fingerprint density at radius 2 is 2.04 bits per heavy atom. The summed E-state index contributed by atoms with van der Waals surface area (Å²) in [5.41, 5.74) is 3.69. The van der Waals surface area contributed by atoms with Gasteiger partial charge in [0.1, 0.15) is 0 Å². The lowest BCUT2D eigenvalue weighted by molar-refractivity contribution is -0.0803. The van der Waals surface area contributed by atoms with E-state index in [9.17, 15) is 10.2 Å². The minimum Gasteiger partial charge on any atom is -0.396 e. The molecule has 3 aromatic rings. The molecule has 0 saturated carbocycles. The van der Waals surface area contributed by atoms with Crippen molar-refractivity contribution in [3.05, 3.63) is 54.5 Å². The second-order valence-corrected chi connectivity index (χ2v) is 7.93. The van der Waals surface area contributed by atoms with Crippen molar-refractivity contribution in [1.82, 2.24) is 19.5 Å². The zero-order chi connectivity index (χ0) is 19.6. The summed E-state index contributed by atoms with van der Waals surface area (Å²) in [5.74, 6) is 0. The van der Waals surface area contributed by atoms with E-state index in [0.29, 0.717) is 13.1 Å². The van der Waals surface area contributed by atoms with Gasteiger partial charge in [0.05, 0.1) is 18.9 Å². The fraction of sp³-hybridized carbons (Fsp3) is 0.455. The largest absolute Gasteiger partial charge is 0.396 e. The average Bonchev–Trinajstić information content (AvgIpc) is 3.14. The molecule has 4 rings (SSSR count). The van der Waals surface area contributed by atoms with E-state index in [4.69, 9.17) is 0 Å². The number of nitrogens with zero attached hydrogens (tertiary/aromatic N) is 4. The molecule has 6 heteroatoms. The fourth-order valence-corrected chi connectivity index (χ4v) is 4.35. The summed E-state index contributed by atoms with van der Waals surface area (Å²) < 4.78 is 1.83. The van der Waals surface area contributed by atoms with Crippen molar-refractivity contribution in [2.24, 2.45) is 5.41 Å². The lowest BCUT2D eigenvalue weighted by Crippen LogP contribution is -2.52. The molecule has 0 radical (unpaired) electrons. The van der Waals surface area contributed by atoms with E-state index in [1.165, 1.54) is 0 Å². The molecule has 1 fully saturated rings. The lowest BCUT2D eigenvalue weighted by atomic mass is 9.73. The molecule has 28 heavy (non-hydrogen) atoms. The summed E-state index contributed by atoms with van der Waals surface area (Å²) in [6, 6.07) is 10.1. The Balaban J connectivity index is 1.49. The summed E-state index contributed by atoms with van der Waals surface area (Å²) in [6.07, 6.45) is 7.91. The molecule has 2 atom stereocenters. The van der Waals surface area contributed by atoms with Crippen molar-refractivity contribution >= 4 is 5.65 Å². The summed E-state index contributed by atoms with van der Waals surface area (Å²) in [7, 11) is 0. The molecule has 0 bridgehead atoms. The number of aromatic nitrogens is 3. The van der Waals surface area contributed by atoms with Crippen LogP contribution in [0.25, 0.3) is 16.8 Å². The third kappa shape index (κ3) is 3.55. The maximum atomic E-state index is 10.7. The Kier molecular flexibility index (Phi) is 5.44. The van der Waals surface area contributed by atoms with Crippen LogP contribution in [-0.4, -0.2) is 55.5 Å². The molecule has 0 spiro atoms. The van der Waals surface area contributed by atoms with E-state index in [-0.39, 0.29) is 12.0 Å². The zero-order valence-corrected chi connectivity index (χ0v) is 16.3. The molecule has 0 amide bonds. The molecular formula is C22H28N4O2. The van der Waals surface area contributed by atoms with Crippen molar-refractivity contribution < 1.29 is 10.2 Å². The highest BCUT2D eigenvalue weighted by Gasteiger charge is 2.40. The van der Waals surface area contributed by atoms with Gasteiger partial charge in [0, 0.05) is 42.0 Å². The minimum absolute atomic E-state index is 0.0545. The predicted octanol–water partition coefficient (Wildman–Crippen LogP) is 2.74. The van der Waals surface area contributed by atoms with E-state index in [1.54, 1.807) is 0 Å². The van der Waals surface area contributed by atoms with Crippen LogP contribution < -0.4 is 0 Å². The number of fused-ring (bicyclic) bond motifs is 1. The van der Waals surface area contributed by atoms with E-state index >= 15 is 0 Å². The average molecular weight is 380 g/mol. The third-order valence-electron chi connectivity index (χ3n) is 6.03. The van der Waals surface area contributed by atoms with Crippen LogP contribution in [0.15, 0.2) is 48.9 Å². The van der Waals surface area contributed by atoms with Crippen molar-refractivity contribution in [3.63, 3.8) is 0 Å². The first kappa shape index (κ1) is 19.1. The number of hydrogen-bond donors (Lipinski definition) is 2. The molecule has 6 nitrogen and oxygen atoms in total. The van der Waals surface area contributed by atoms with E-state index < -0.39 is 6.10 Å². The predicted molar refractivity (Wildman–Crippen MR) is 109 cm³/mol. The highest BCUT2D eigenvalue weighted by Crippen LogP contribution is 2.36. The lowest BCUT2D eigenvalue weighted by Gasteiger charge is -2.44. The van der Waals surface area contributed by atoms with Crippen molar-refractivity contribution in [2.45, 2.75) is 38.8 Å². The molecule has 1 aromatic carbocycles. The summed E-state index contributed by atoms with van der Waals surface area (Å²) in [5, 5.41) is 25.0. The first-order valence-corrected chi connectivity index (χ1v) is 10.0. The third-order valence-corrected chi connectivity index (χ3v) is 6.03. The Bertz CT molecular complexity index is 927. The normalized spacial score (nSPS) is 23.3. The van der Waals surface area contributed by atoms with Crippen LogP contribution in [0.3, 0.4) is 0 Å². The topological polar surface area (TPSA) is 73.9 Å². The molecule has 1 aliphatic heterocycles. The van der Waals surface area contributed by atoms with E-state index in [1.807, 2.05) is 41.3 Å². The number of benzene rings is 1. The van der Waals surface area contributed by atoms with Crippen LogP contribution in [0.4, 0.5) is 0 Å². The molecule has 1 aliphatic rings. The van der Waals surface area contributed by atoms with Crippen molar-refractivity contribution in [2.75, 3.05) is 19.7 Å². The van der Waals surface area contributed by atoms with Crippen LogP contribution >= 0.6 is 0 Å². The molecule has 0 aliphatic carbocycles. The van der Waals surface area contributed by atoms with Crippen LogP contribution in [0.5, 0.6) is 0 Å². The van der Waals surface area contributed by atoms with Gasteiger partial charge in [-0.1, -0.05) is 43.7 Å². The molecule has 2 N–H and O–H groups in total. The standard InChI is InChI=1S/C22H28N4O2/c1-2-8-22(16-27)9-10-25(15-20(22)28)13-17-11-23-21-19(12-24-26(21)14-17)18-6-4-3-5-7-18/h3-7,11-12,14,20,27-28H,2,8-10,13,15-16H2,1H3/t20-,22+/m0/s1. The van der Waals surface area contributed by atoms with Gasteiger partial charge in [-0.05, 0) is 24.9 Å². The van der Waals surface area contributed by atoms with Gasteiger partial charge >= 0.3 is 0 Å². The fourth-order valence-electron chi connectivity index (χ4n) is 4.35. The molecule has 3 heterocycles. The van der Waals surface area contributed by atoms with Gasteiger partial charge in [-0.15, -0.1) is 0 Å². The monoisotopic (exact) mass is 380 g/mol. The van der Waals surface area contributed by atoms with Crippen molar-refractivity contribution in [3.8, 4) is 11.1 Å². The SMILES string of the molecule is CCC[C@]1(CO)CCN(Cc2cnc3c(-c4ccccc4)cnn3c2)C[C@@H]1O. The smallest absolute Gasteiger partial charge is 0.162 e. The molecule has 2 aromatic heterocycles. The Morgan fingerprint density at radius 1 is 1.21 bits per heavy atom. The number of hydrogen-bond acceptors (Lipinski definition) is 5. The molecule has 1 saturated heterocycles.